The highest BCUT2D eigenvalue weighted by atomic mass is 16.5. The molecule has 0 amide bonds. The summed E-state index contributed by atoms with van der Waals surface area (Å²) in [5.74, 6) is -0.701. The number of Topliss-reactive ketones (excluding diaryl/α,β-unsaturated/α-hetero) is 1. The summed E-state index contributed by atoms with van der Waals surface area (Å²) in [5.41, 5.74) is 0.627. The number of carbonyl (C=O) groups is 2. The van der Waals surface area contributed by atoms with E-state index in [9.17, 15) is 19.5 Å². The molecule has 0 fully saturated rings. The molecule has 6 heteroatoms. The summed E-state index contributed by atoms with van der Waals surface area (Å²) in [6.07, 6.45) is 0.00227. The molecule has 2 aromatic carbocycles. The maximum atomic E-state index is 12.0. The number of ether oxygens (including phenoxy) is 1. The van der Waals surface area contributed by atoms with Crippen molar-refractivity contribution in [2.45, 2.75) is 19.4 Å². The van der Waals surface area contributed by atoms with Crippen LogP contribution in [0, 0.1) is 0 Å². The van der Waals surface area contributed by atoms with Crippen LogP contribution in [-0.2, 0) is 16.1 Å². The fourth-order valence-electron chi connectivity index (χ4n) is 2.55. The van der Waals surface area contributed by atoms with E-state index in [4.69, 9.17) is 9.15 Å². The van der Waals surface area contributed by atoms with E-state index in [1.54, 1.807) is 30.3 Å². The van der Waals surface area contributed by atoms with Crippen molar-refractivity contribution in [2.75, 3.05) is 0 Å². The average Bonchev–Trinajstić information content (AvgIpc) is 2.64. The third-order valence-corrected chi connectivity index (χ3v) is 3.85. The fraction of sp³-hybridized carbons (Fsp3) is 0.150. The lowest BCUT2D eigenvalue weighted by molar-refractivity contribution is -0.144. The maximum absolute atomic E-state index is 12.0. The standard InChI is InChI=1S/C20H16O6/c21-15-6-7-16-14(10-20(24)26-18(16)11-15)12-25-19(23)9-8-17(22)13-4-2-1-3-5-13/h1-7,10-11,21H,8-9,12H2. The number of hydrogen-bond donors (Lipinski definition) is 1. The first-order chi connectivity index (χ1) is 12.5. The molecule has 132 valence electrons. The first kappa shape index (κ1) is 17.4. The monoisotopic (exact) mass is 352 g/mol. The molecule has 6 nitrogen and oxygen atoms in total. The Hall–Kier alpha value is -3.41. The highest BCUT2D eigenvalue weighted by molar-refractivity contribution is 5.97. The van der Waals surface area contributed by atoms with Crippen LogP contribution in [-0.4, -0.2) is 16.9 Å². The number of phenols is 1. The second-order valence-electron chi connectivity index (χ2n) is 5.72. The summed E-state index contributed by atoms with van der Waals surface area (Å²) in [6.45, 7) is -0.120. The van der Waals surface area contributed by atoms with E-state index < -0.39 is 11.6 Å². The maximum Gasteiger partial charge on any atom is 0.336 e. The lowest BCUT2D eigenvalue weighted by Crippen LogP contribution is -2.09. The van der Waals surface area contributed by atoms with Gasteiger partial charge in [-0.25, -0.2) is 4.79 Å². The Labute approximate surface area is 148 Å². The van der Waals surface area contributed by atoms with Gasteiger partial charge in [-0.2, -0.15) is 0 Å². The fourth-order valence-corrected chi connectivity index (χ4v) is 2.55. The molecule has 0 radical (unpaired) electrons. The number of rotatable bonds is 6. The van der Waals surface area contributed by atoms with Gasteiger partial charge >= 0.3 is 11.6 Å². The Bertz CT molecular complexity index is 1000. The van der Waals surface area contributed by atoms with Crippen LogP contribution in [0.1, 0.15) is 28.8 Å². The summed E-state index contributed by atoms with van der Waals surface area (Å²) < 4.78 is 10.2. The number of benzene rings is 2. The van der Waals surface area contributed by atoms with Crippen LogP contribution in [0.25, 0.3) is 11.0 Å². The van der Waals surface area contributed by atoms with Gasteiger partial charge in [0.2, 0.25) is 0 Å². The normalized spacial score (nSPS) is 10.6. The number of esters is 1. The van der Waals surface area contributed by atoms with Crippen molar-refractivity contribution in [1.29, 1.82) is 0 Å². The first-order valence-electron chi connectivity index (χ1n) is 8.02. The molecule has 0 unspecified atom stereocenters. The number of aromatic hydroxyl groups is 1. The molecule has 0 saturated carbocycles. The molecule has 1 aromatic heterocycles. The first-order valence-corrected chi connectivity index (χ1v) is 8.02. The number of carbonyl (C=O) groups excluding carboxylic acids is 2. The third kappa shape index (κ3) is 4.16. The van der Waals surface area contributed by atoms with Crippen LogP contribution in [0.2, 0.25) is 0 Å². The predicted octanol–water partition coefficient (Wildman–Crippen LogP) is 3.20. The second-order valence-corrected chi connectivity index (χ2v) is 5.72. The summed E-state index contributed by atoms with van der Waals surface area (Å²) in [6, 6.07) is 14.3. The molecule has 3 rings (SSSR count). The van der Waals surface area contributed by atoms with Crippen molar-refractivity contribution in [3.05, 3.63) is 76.1 Å². The highest BCUT2D eigenvalue weighted by Crippen LogP contribution is 2.22. The topological polar surface area (TPSA) is 93.8 Å². The minimum atomic E-state index is -0.603. The zero-order chi connectivity index (χ0) is 18.5. The van der Waals surface area contributed by atoms with Crippen molar-refractivity contribution in [3.8, 4) is 5.75 Å². The Morgan fingerprint density at radius 1 is 1.00 bits per heavy atom. The van der Waals surface area contributed by atoms with E-state index in [0.717, 1.165) is 0 Å². The molecule has 0 aliphatic heterocycles. The van der Waals surface area contributed by atoms with E-state index in [-0.39, 0.29) is 36.6 Å². The summed E-state index contributed by atoms with van der Waals surface area (Å²) >= 11 is 0. The summed E-state index contributed by atoms with van der Waals surface area (Å²) in [7, 11) is 0. The predicted molar refractivity (Wildman–Crippen MR) is 94.0 cm³/mol. The van der Waals surface area contributed by atoms with Crippen molar-refractivity contribution in [2.24, 2.45) is 0 Å². The summed E-state index contributed by atoms with van der Waals surface area (Å²) in [4.78, 5) is 35.5. The van der Waals surface area contributed by atoms with Crippen LogP contribution in [0.4, 0.5) is 0 Å². The molecular formula is C20H16O6. The van der Waals surface area contributed by atoms with Crippen molar-refractivity contribution >= 4 is 22.7 Å². The second kappa shape index (κ2) is 7.65. The van der Waals surface area contributed by atoms with Gasteiger partial charge < -0.3 is 14.3 Å². The number of ketones is 1. The van der Waals surface area contributed by atoms with Gasteiger partial charge in [0, 0.05) is 35.1 Å². The van der Waals surface area contributed by atoms with E-state index in [2.05, 4.69) is 0 Å². The van der Waals surface area contributed by atoms with Crippen LogP contribution >= 0.6 is 0 Å². The molecule has 0 spiro atoms. The van der Waals surface area contributed by atoms with Crippen LogP contribution in [0.5, 0.6) is 5.75 Å². The van der Waals surface area contributed by atoms with Gasteiger partial charge in [-0.3, -0.25) is 9.59 Å². The van der Waals surface area contributed by atoms with Crippen molar-refractivity contribution in [1.82, 2.24) is 0 Å². The quantitative estimate of drug-likeness (QED) is 0.416. The molecule has 1 N–H and O–H groups in total. The van der Waals surface area contributed by atoms with Gasteiger partial charge in [-0.1, -0.05) is 30.3 Å². The lowest BCUT2D eigenvalue weighted by atomic mass is 10.1. The SMILES string of the molecule is O=C(CCC(=O)c1ccccc1)OCc1cc(=O)oc2cc(O)ccc12. The molecule has 0 saturated heterocycles. The van der Waals surface area contributed by atoms with Gasteiger partial charge in [0.1, 0.15) is 17.9 Å². The number of hydrogen-bond acceptors (Lipinski definition) is 6. The molecular weight excluding hydrogens is 336 g/mol. The van der Waals surface area contributed by atoms with E-state index in [1.807, 2.05) is 6.07 Å². The largest absolute Gasteiger partial charge is 0.508 e. The number of fused-ring (bicyclic) bond motifs is 1. The minimum absolute atomic E-state index is 0.0331. The zero-order valence-electron chi connectivity index (χ0n) is 13.8. The molecule has 1 heterocycles. The van der Waals surface area contributed by atoms with Crippen molar-refractivity contribution in [3.63, 3.8) is 0 Å². The molecule has 0 bridgehead atoms. The van der Waals surface area contributed by atoms with Crippen molar-refractivity contribution < 1.29 is 23.8 Å². The van der Waals surface area contributed by atoms with E-state index in [1.165, 1.54) is 18.2 Å². The van der Waals surface area contributed by atoms with E-state index in [0.29, 0.717) is 16.5 Å². The Morgan fingerprint density at radius 2 is 1.77 bits per heavy atom. The molecule has 0 aliphatic carbocycles. The van der Waals surface area contributed by atoms with Gasteiger partial charge in [0.25, 0.3) is 0 Å². The van der Waals surface area contributed by atoms with Crippen LogP contribution in [0.3, 0.4) is 0 Å². The van der Waals surface area contributed by atoms with E-state index >= 15 is 0 Å². The Kier molecular flexibility index (Phi) is 5.12. The zero-order valence-corrected chi connectivity index (χ0v) is 13.8. The number of phenolic OH excluding ortho intramolecular Hbond substituents is 1. The molecule has 0 aliphatic rings. The molecule has 26 heavy (non-hydrogen) atoms. The van der Waals surface area contributed by atoms with Gasteiger partial charge in [0.05, 0.1) is 6.42 Å². The molecule has 3 aromatic rings. The van der Waals surface area contributed by atoms with Crippen LogP contribution < -0.4 is 5.63 Å². The summed E-state index contributed by atoms with van der Waals surface area (Å²) in [5, 5.41) is 10.0. The average molecular weight is 352 g/mol. The molecule has 0 atom stereocenters. The minimum Gasteiger partial charge on any atom is -0.508 e. The Balaban J connectivity index is 1.62. The highest BCUT2D eigenvalue weighted by Gasteiger charge is 2.12. The smallest absolute Gasteiger partial charge is 0.336 e. The van der Waals surface area contributed by atoms with Gasteiger partial charge in [-0.05, 0) is 12.1 Å². The lowest BCUT2D eigenvalue weighted by Gasteiger charge is -2.07. The third-order valence-electron chi connectivity index (χ3n) is 3.85. The van der Waals surface area contributed by atoms with Crippen LogP contribution in [0.15, 0.2) is 63.8 Å². The van der Waals surface area contributed by atoms with Gasteiger partial charge in [-0.15, -0.1) is 0 Å². The Morgan fingerprint density at radius 3 is 2.54 bits per heavy atom. The van der Waals surface area contributed by atoms with Gasteiger partial charge in [0.15, 0.2) is 5.78 Å².